The van der Waals surface area contributed by atoms with Crippen LogP contribution >= 0.6 is 11.3 Å². The predicted octanol–water partition coefficient (Wildman–Crippen LogP) is 2.62. The summed E-state index contributed by atoms with van der Waals surface area (Å²) < 4.78 is 6.36. The lowest BCUT2D eigenvalue weighted by molar-refractivity contribution is 0.199. The highest BCUT2D eigenvalue weighted by atomic mass is 32.1. The van der Waals surface area contributed by atoms with Crippen molar-refractivity contribution in [1.82, 2.24) is 10.6 Å². The number of methoxy groups -OCH3 is 1. The Hall–Kier alpha value is -0.940. The summed E-state index contributed by atoms with van der Waals surface area (Å²) in [5.74, 6) is 0. The van der Waals surface area contributed by atoms with Crippen LogP contribution in [-0.2, 0) is 11.3 Å². The fourth-order valence-corrected chi connectivity index (χ4v) is 2.99. The molecule has 3 nitrogen and oxygen atoms in total. The number of hydrogen-bond donors (Lipinski definition) is 2. The second-order valence-corrected chi connectivity index (χ2v) is 5.44. The van der Waals surface area contributed by atoms with Crippen LogP contribution in [0.2, 0.25) is 0 Å². The van der Waals surface area contributed by atoms with Gasteiger partial charge in [0.2, 0.25) is 0 Å². The second-order valence-electron chi connectivity index (χ2n) is 4.53. The topological polar surface area (TPSA) is 33.3 Å². The monoisotopic (exact) mass is 278 g/mol. The number of benzene rings is 1. The standard InChI is InChI=1S/C15H22N2OS/c1-18-10-9-16-7-4-8-17-11-13-12-19-15-6-3-2-5-14(13)15/h2-3,5-6,12,16-17H,4,7-11H2,1H3. The zero-order valence-electron chi connectivity index (χ0n) is 11.4. The molecule has 4 heteroatoms. The maximum Gasteiger partial charge on any atom is 0.0587 e. The fourth-order valence-electron chi connectivity index (χ4n) is 2.03. The molecule has 0 spiro atoms. The van der Waals surface area contributed by atoms with Gasteiger partial charge in [-0.25, -0.2) is 0 Å². The molecular weight excluding hydrogens is 256 g/mol. The molecule has 0 saturated carbocycles. The van der Waals surface area contributed by atoms with Crippen molar-refractivity contribution in [2.45, 2.75) is 13.0 Å². The van der Waals surface area contributed by atoms with Crippen molar-refractivity contribution < 1.29 is 4.74 Å². The maximum atomic E-state index is 4.98. The van der Waals surface area contributed by atoms with E-state index < -0.39 is 0 Å². The molecule has 2 aromatic rings. The molecule has 0 atom stereocenters. The summed E-state index contributed by atoms with van der Waals surface area (Å²) in [7, 11) is 1.73. The number of rotatable bonds is 9. The summed E-state index contributed by atoms with van der Waals surface area (Å²) in [6.07, 6.45) is 1.14. The van der Waals surface area contributed by atoms with Crippen LogP contribution in [0.15, 0.2) is 29.6 Å². The minimum Gasteiger partial charge on any atom is -0.383 e. The van der Waals surface area contributed by atoms with Crippen molar-refractivity contribution in [3.63, 3.8) is 0 Å². The molecule has 2 rings (SSSR count). The molecular formula is C15H22N2OS. The van der Waals surface area contributed by atoms with Crippen LogP contribution in [0.5, 0.6) is 0 Å². The molecule has 2 N–H and O–H groups in total. The van der Waals surface area contributed by atoms with E-state index in [0.29, 0.717) is 0 Å². The average Bonchev–Trinajstić information content (AvgIpc) is 2.85. The molecule has 0 bridgehead atoms. The Bertz CT molecular complexity index is 484. The van der Waals surface area contributed by atoms with Crippen LogP contribution in [0, 0.1) is 0 Å². The van der Waals surface area contributed by atoms with Gasteiger partial charge in [-0.2, -0.15) is 0 Å². The Morgan fingerprint density at radius 2 is 1.95 bits per heavy atom. The Morgan fingerprint density at radius 3 is 2.84 bits per heavy atom. The normalized spacial score (nSPS) is 11.2. The summed E-state index contributed by atoms with van der Waals surface area (Å²) in [4.78, 5) is 0. The molecule has 1 aromatic carbocycles. The largest absolute Gasteiger partial charge is 0.383 e. The molecule has 19 heavy (non-hydrogen) atoms. The highest BCUT2D eigenvalue weighted by Gasteiger charge is 2.01. The van der Waals surface area contributed by atoms with Crippen molar-refractivity contribution in [2.24, 2.45) is 0 Å². The molecule has 1 heterocycles. The quantitative estimate of drug-likeness (QED) is 0.692. The van der Waals surface area contributed by atoms with E-state index in [1.54, 1.807) is 7.11 Å². The Kier molecular flexibility index (Phi) is 6.30. The van der Waals surface area contributed by atoms with Crippen LogP contribution in [-0.4, -0.2) is 33.4 Å². The lowest BCUT2D eigenvalue weighted by Crippen LogP contribution is -2.24. The molecule has 0 unspecified atom stereocenters. The van der Waals surface area contributed by atoms with Gasteiger partial charge in [0, 0.05) is 24.9 Å². The number of ether oxygens (including phenoxy) is 1. The van der Waals surface area contributed by atoms with Gasteiger partial charge < -0.3 is 15.4 Å². The molecule has 0 aliphatic heterocycles. The minimum atomic E-state index is 0.786. The van der Waals surface area contributed by atoms with Gasteiger partial charge in [0.05, 0.1) is 6.61 Å². The van der Waals surface area contributed by atoms with Crippen molar-refractivity contribution >= 4 is 21.4 Å². The number of thiophene rings is 1. The molecule has 1 aromatic heterocycles. The van der Waals surface area contributed by atoms with Gasteiger partial charge in [-0.05, 0) is 41.9 Å². The van der Waals surface area contributed by atoms with Crippen molar-refractivity contribution in [2.75, 3.05) is 33.4 Å². The zero-order valence-corrected chi connectivity index (χ0v) is 12.3. The van der Waals surface area contributed by atoms with Gasteiger partial charge in [0.25, 0.3) is 0 Å². The van der Waals surface area contributed by atoms with Crippen molar-refractivity contribution in [3.8, 4) is 0 Å². The summed E-state index contributed by atoms with van der Waals surface area (Å²) >= 11 is 1.83. The van der Waals surface area contributed by atoms with E-state index in [4.69, 9.17) is 4.74 Å². The van der Waals surface area contributed by atoms with E-state index in [0.717, 1.165) is 39.2 Å². The van der Waals surface area contributed by atoms with Crippen LogP contribution in [0.25, 0.3) is 10.1 Å². The zero-order chi connectivity index (χ0) is 13.3. The van der Waals surface area contributed by atoms with Crippen LogP contribution in [0.1, 0.15) is 12.0 Å². The van der Waals surface area contributed by atoms with Crippen LogP contribution in [0.3, 0.4) is 0 Å². The summed E-state index contributed by atoms with van der Waals surface area (Å²) in [5, 5.41) is 10.5. The molecule has 104 valence electrons. The van der Waals surface area contributed by atoms with Gasteiger partial charge in [0.1, 0.15) is 0 Å². The average molecular weight is 278 g/mol. The molecule has 0 saturated heterocycles. The molecule has 0 radical (unpaired) electrons. The maximum absolute atomic E-state index is 4.98. The molecule has 0 aliphatic rings. The first kappa shape index (κ1) is 14.5. The van der Waals surface area contributed by atoms with E-state index in [9.17, 15) is 0 Å². The molecule has 0 amide bonds. The van der Waals surface area contributed by atoms with Crippen molar-refractivity contribution in [3.05, 3.63) is 35.2 Å². The number of nitrogens with one attached hydrogen (secondary N) is 2. The first-order valence-electron chi connectivity index (χ1n) is 6.77. The Balaban J connectivity index is 1.63. The third-order valence-corrected chi connectivity index (χ3v) is 4.08. The first-order chi connectivity index (χ1) is 9.42. The first-order valence-corrected chi connectivity index (χ1v) is 7.65. The lowest BCUT2D eigenvalue weighted by atomic mass is 10.2. The highest BCUT2D eigenvalue weighted by Crippen LogP contribution is 2.25. The van der Waals surface area contributed by atoms with Crippen LogP contribution in [0.4, 0.5) is 0 Å². The van der Waals surface area contributed by atoms with Gasteiger partial charge in [-0.15, -0.1) is 11.3 Å². The SMILES string of the molecule is COCCNCCCNCc1csc2ccccc12. The molecule has 0 fully saturated rings. The van der Waals surface area contributed by atoms with E-state index in [2.05, 4.69) is 40.3 Å². The highest BCUT2D eigenvalue weighted by molar-refractivity contribution is 7.17. The van der Waals surface area contributed by atoms with E-state index in [1.165, 1.54) is 15.6 Å². The number of hydrogen-bond acceptors (Lipinski definition) is 4. The molecule has 0 aliphatic carbocycles. The van der Waals surface area contributed by atoms with Gasteiger partial charge in [0.15, 0.2) is 0 Å². The number of fused-ring (bicyclic) bond motifs is 1. The van der Waals surface area contributed by atoms with Crippen molar-refractivity contribution in [1.29, 1.82) is 0 Å². The summed E-state index contributed by atoms with van der Waals surface area (Å²) in [5.41, 5.74) is 1.41. The van der Waals surface area contributed by atoms with Crippen LogP contribution < -0.4 is 10.6 Å². The van der Waals surface area contributed by atoms with Gasteiger partial charge in [-0.3, -0.25) is 0 Å². The summed E-state index contributed by atoms with van der Waals surface area (Å²) in [6.45, 7) is 4.77. The Labute approximate surface area is 119 Å². The fraction of sp³-hybridized carbons (Fsp3) is 0.467. The van der Waals surface area contributed by atoms with Gasteiger partial charge in [-0.1, -0.05) is 18.2 Å². The lowest BCUT2D eigenvalue weighted by Gasteiger charge is -2.05. The minimum absolute atomic E-state index is 0.786. The van der Waals surface area contributed by atoms with E-state index >= 15 is 0 Å². The predicted molar refractivity (Wildman–Crippen MR) is 82.9 cm³/mol. The smallest absolute Gasteiger partial charge is 0.0587 e. The third-order valence-electron chi connectivity index (χ3n) is 3.07. The van der Waals surface area contributed by atoms with E-state index in [-0.39, 0.29) is 0 Å². The second kappa shape index (κ2) is 8.27. The summed E-state index contributed by atoms with van der Waals surface area (Å²) in [6, 6.07) is 8.60. The Morgan fingerprint density at radius 1 is 1.11 bits per heavy atom. The van der Waals surface area contributed by atoms with E-state index in [1.807, 2.05) is 11.3 Å². The third kappa shape index (κ3) is 4.58. The van der Waals surface area contributed by atoms with Gasteiger partial charge >= 0.3 is 0 Å².